The van der Waals surface area contributed by atoms with Gasteiger partial charge in [0.15, 0.2) is 0 Å². The van der Waals surface area contributed by atoms with Crippen LogP contribution in [0.15, 0.2) is 12.1 Å². The summed E-state index contributed by atoms with van der Waals surface area (Å²) in [7, 11) is 0. The molecule has 1 heterocycles. The number of rotatable bonds is 2. The molecule has 88 valence electrons. The minimum absolute atomic E-state index is 0.0530. The van der Waals surface area contributed by atoms with Crippen molar-refractivity contribution in [2.75, 3.05) is 6.61 Å². The molecule has 0 unspecified atom stereocenters. The smallest absolute Gasteiger partial charge is 0.122 e. The molecule has 0 atom stereocenters. The van der Waals surface area contributed by atoms with Gasteiger partial charge in [-0.1, -0.05) is 6.07 Å². The van der Waals surface area contributed by atoms with Gasteiger partial charge in [-0.3, -0.25) is 0 Å². The van der Waals surface area contributed by atoms with Gasteiger partial charge in [-0.05, 0) is 50.5 Å². The molecule has 2 nitrogen and oxygen atoms in total. The Morgan fingerprint density at radius 3 is 2.81 bits per heavy atom. The van der Waals surface area contributed by atoms with E-state index >= 15 is 0 Å². The Bertz CT molecular complexity index is 394. The fraction of sp³-hybridized carbons (Fsp3) is 0.571. The van der Waals surface area contributed by atoms with Crippen LogP contribution in [-0.2, 0) is 17.8 Å². The van der Waals surface area contributed by atoms with Crippen molar-refractivity contribution >= 4 is 0 Å². The number of hydrogen-bond acceptors (Lipinski definition) is 2. The van der Waals surface area contributed by atoms with Gasteiger partial charge in [0, 0.05) is 6.42 Å². The summed E-state index contributed by atoms with van der Waals surface area (Å²) in [5, 5.41) is 0. The van der Waals surface area contributed by atoms with E-state index in [-0.39, 0.29) is 5.60 Å². The summed E-state index contributed by atoms with van der Waals surface area (Å²) in [4.78, 5) is 0. The first-order chi connectivity index (χ1) is 7.53. The van der Waals surface area contributed by atoms with Crippen LogP contribution in [0, 0.1) is 6.92 Å². The van der Waals surface area contributed by atoms with E-state index in [0.29, 0.717) is 0 Å². The van der Waals surface area contributed by atoms with Crippen molar-refractivity contribution in [3.63, 3.8) is 0 Å². The predicted molar refractivity (Wildman–Crippen MR) is 64.9 cm³/mol. The van der Waals surface area contributed by atoms with Crippen LogP contribution in [0.5, 0.6) is 5.75 Å². The third kappa shape index (κ3) is 2.07. The third-order valence-electron chi connectivity index (χ3n) is 3.17. The molecule has 0 saturated heterocycles. The second-order valence-electron chi connectivity index (χ2n) is 4.98. The molecule has 0 aliphatic carbocycles. The number of benzene rings is 1. The Kier molecular flexibility index (Phi) is 2.94. The van der Waals surface area contributed by atoms with Crippen LogP contribution in [0.1, 0.15) is 37.5 Å². The molecule has 0 spiro atoms. The Labute approximate surface area is 97.6 Å². The van der Waals surface area contributed by atoms with Gasteiger partial charge in [-0.15, -0.1) is 0 Å². The first-order valence-corrected chi connectivity index (χ1v) is 5.91. The minimum Gasteiger partial charge on any atom is -0.494 e. The minimum atomic E-state index is -0.0530. The van der Waals surface area contributed by atoms with Crippen LogP contribution < -0.4 is 4.74 Å². The van der Waals surface area contributed by atoms with Crippen LogP contribution in [0.25, 0.3) is 0 Å². The summed E-state index contributed by atoms with van der Waals surface area (Å²) >= 11 is 0. The average molecular weight is 220 g/mol. The zero-order valence-electron chi connectivity index (χ0n) is 10.6. The van der Waals surface area contributed by atoms with Gasteiger partial charge in [-0.2, -0.15) is 0 Å². The number of hydrogen-bond donors (Lipinski definition) is 0. The second kappa shape index (κ2) is 4.10. The molecule has 0 radical (unpaired) electrons. The van der Waals surface area contributed by atoms with Crippen molar-refractivity contribution in [3.8, 4) is 5.75 Å². The largest absolute Gasteiger partial charge is 0.494 e. The van der Waals surface area contributed by atoms with E-state index < -0.39 is 0 Å². The fourth-order valence-electron chi connectivity index (χ4n) is 2.23. The molecule has 16 heavy (non-hydrogen) atoms. The van der Waals surface area contributed by atoms with E-state index in [1.54, 1.807) is 0 Å². The van der Waals surface area contributed by atoms with Crippen molar-refractivity contribution in [2.24, 2.45) is 0 Å². The quantitative estimate of drug-likeness (QED) is 0.761. The van der Waals surface area contributed by atoms with E-state index in [9.17, 15) is 0 Å². The van der Waals surface area contributed by atoms with Gasteiger partial charge < -0.3 is 9.47 Å². The van der Waals surface area contributed by atoms with E-state index in [4.69, 9.17) is 9.47 Å². The van der Waals surface area contributed by atoms with Crippen molar-refractivity contribution in [1.82, 2.24) is 0 Å². The van der Waals surface area contributed by atoms with Crippen LogP contribution in [0.2, 0.25) is 0 Å². The van der Waals surface area contributed by atoms with Gasteiger partial charge in [0.1, 0.15) is 5.75 Å². The van der Waals surface area contributed by atoms with Crippen molar-refractivity contribution in [1.29, 1.82) is 0 Å². The summed E-state index contributed by atoms with van der Waals surface area (Å²) < 4.78 is 11.4. The van der Waals surface area contributed by atoms with Crippen LogP contribution in [0.3, 0.4) is 0 Å². The van der Waals surface area contributed by atoms with Gasteiger partial charge in [-0.25, -0.2) is 0 Å². The number of fused-ring (bicyclic) bond motifs is 1. The van der Waals surface area contributed by atoms with Crippen LogP contribution in [0.4, 0.5) is 0 Å². The summed E-state index contributed by atoms with van der Waals surface area (Å²) in [6, 6.07) is 4.18. The van der Waals surface area contributed by atoms with Gasteiger partial charge in [0.05, 0.1) is 18.8 Å². The summed E-state index contributed by atoms with van der Waals surface area (Å²) in [6.07, 6.45) is 0.967. The highest BCUT2D eigenvalue weighted by Gasteiger charge is 2.27. The second-order valence-corrected chi connectivity index (χ2v) is 4.98. The lowest BCUT2D eigenvalue weighted by molar-refractivity contribution is -0.0403. The maximum Gasteiger partial charge on any atom is 0.122 e. The van der Waals surface area contributed by atoms with Gasteiger partial charge in [0.25, 0.3) is 0 Å². The molecule has 0 saturated carbocycles. The predicted octanol–water partition coefficient (Wildman–Crippen LogP) is 3.25. The Hall–Kier alpha value is -1.02. The fourth-order valence-corrected chi connectivity index (χ4v) is 2.23. The molecular weight excluding hydrogens is 200 g/mol. The van der Waals surface area contributed by atoms with E-state index in [0.717, 1.165) is 25.4 Å². The summed E-state index contributed by atoms with van der Waals surface area (Å²) in [5.74, 6) is 1.01. The van der Waals surface area contributed by atoms with Crippen LogP contribution >= 0.6 is 0 Å². The lowest BCUT2D eigenvalue weighted by Crippen LogP contribution is -2.32. The molecule has 0 aromatic heterocycles. The van der Waals surface area contributed by atoms with E-state index in [1.807, 2.05) is 6.92 Å². The van der Waals surface area contributed by atoms with E-state index in [2.05, 4.69) is 32.9 Å². The average Bonchev–Trinajstić information content (AvgIpc) is 2.22. The molecule has 0 amide bonds. The normalized spacial score (nSPS) is 18.0. The molecule has 2 heteroatoms. The third-order valence-corrected chi connectivity index (χ3v) is 3.17. The molecule has 1 aromatic rings. The summed E-state index contributed by atoms with van der Waals surface area (Å²) in [5.41, 5.74) is 3.93. The van der Waals surface area contributed by atoms with Gasteiger partial charge in [0.2, 0.25) is 0 Å². The first kappa shape index (κ1) is 11.5. The molecule has 1 aromatic carbocycles. The molecule has 0 bridgehead atoms. The number of ether oxygens (including phenoxy) is 2. The molecule has 0 fully saturated rings. The summed E-state index contributed by atoms with van der Waals surface area (Å²) in [6.45, 7) is 9.89. The van der Waals surface area contributed by atoms with E-state index in [1.165, 1.54) is 16.7 Å². The molecule has 0 N–H and O–H groups in total. The Balaban J connectivity index is 2.40. The van der Waals surface area contributed by atoms with Crippen LogP contribution in [-0.4, -0.2) is 12.2 Å². The Morgan fingerprint density at radius 1 is 1.38 bits per heavy atom. The van der Waals surface area contributed by atoms with Crippen molar-refractivity contribution in [3.05, 3.63) is 28.8 Å². The van der Waals surface area contributed by atoms with Crippen molar-refractivity contribution in [2.45, 2.75) is 46.3 Å². The molecule has 1 aliphatic rings. The maximum absolute atomic E-state index is 5.81. The SMILES string of the molecule is CCOc1ccc2c(c1C)CC(C)(C)OC2. The Morgan fingerprint density at radius 2 is 2.12 bits per heavy atom. The standard InChI is InChI=1S/C14H20O2/c1-5-15-13-7-6-11-9-16-14(3,4)8-12(11)10(13)2/h6-7H,5,8-9H2,1-4H3. The van der Waals surface area contributed by atoms with Crippen molar-refractivity contribution < 1.29 is 9.47 Å². The topological polar surface area (TPSA) is 18.5 Å². The molecule has 2 rings (SSSR count). The molecule has 1 aliphatic heterocycles. The zero-order valence-corrected chi connectivity index (χ0v) is 10.6. The highest BCUT2D eigenvalue weighted by molar-refractivity contribution is 5.45. The lowest BCUT2D eigenvalue weighted by Gasteiger charge is -2.33. The lowest BCUT2D eigenvalue weighted by atomic mass is 9.88. The first-order valence-electron chi connectivity index (χ1n) is 5.91. The van der Waals surface area contributed by atoms with Gasteiger partial charge >= 0.3 is 0 Å². The highest BCUT2D eigenvalue weighted by Crippen LogP contribution is 2.33. The monoisotopic (exact) mass is 220 g/mol. The maximum atomic E-state index is 5.81. The zero-order chi connectivity index (χ0) is 11.8. The highest BCUT2D eigenvalue weighted by atomic mass is 16.5. The molecular formula is C14H20O2.